The van der Waals surface area contributed by atoms with Crippen molar-refractivity contribution in [1.82, 2.24) is 15.5 Å². The molecule has 1 atom stereocenters. The Morgan fingerprint density at radius 2 is 1.79 bits per heavy atom. The lowest BCUT2D eigenvalue weighted by atomic mass is 9.82. The Bertz CT molecular complexity index is 1430. The fraction of sp³-hybridized carbons (Fsp3) is 0.400. The summed E-state index contributed by atoms with van der Waals surface area (Å²) in [4.78, 5) is 37.9. The van der Waals surface area contributed by atoms with Gasteiger partial charge in [0, 0.05) is 42.7 Å². The van der Waals surface area contributed by atoms with Crippen LogP contribution in [-0.4, -0.2) is 68.2 Å². The first-order valence-corrected chi connectivity index (χ1v) is 15.9. The number of nitrogens with one attached hydrogen (secondary N) is 2. The predicted molar refractivity (Wildman–Crippen MR) is 184 cm³/mol. The smallest absolute Gasteiger partial charge is 0.345 e. The summed E-state index contributed by atoms with van der Waals surface area (Å²) in [7, 11) is 1.95. The quantitative estimate of drug-likeness (QED) is 0.242. The average Bonchev–Trinajstić information content (AvgIpc) is 3.76. The SMILES string of the molecule is C=CN.CC1CCCN1C(=O)CNC(=O)c1ccc2c(c1)-c1ccccc1C2(C)C.CO.COC(F)F.Cc1csc(CNC=O)c1. The molecule has 0 radical (unpaired) electrons. The minimum atomic E-state index is -2.62. The highest BCUT2D eigenvalue weighted by atomic mass is 32.1. The highest BCUT2D eigenvalue weighted by molar-refractivity contribution is 7.10. The van der Waals surface area contributed by atoms with E-state index in [-0.39, 0.29) is 29.8 Å². The van der Waals surface area contributed by atoms with Gasteiger partial charge in [-0.3, -0.25) is 14.4 Å². The zero-order chi connectivity index (χ0) is 35.6. The van der Waals surface area contributed by atoms with Gasteiger partial charge in [-0.1, -0.05) is 50.8 Å². The Morgan fingerprint density at radius 1 is 1.17 bits per heavy atom. The summed E-state index contributed by atoms with van der Waals surface area (Å²) < 4.78 is 24.5. The van der Waals surface area contributed by atoms with Crippen molar-refractivity contribution >= 4 is 29.6 Å². The number of hydrogen-bond acceptors (Lipinski definition) is 7. The number of amides is 3. The largest absolute Gasteiger partial charge is 0.405 e. The van der Waals surface area contributed by atoms with Crippen molar-refractivity contribution in [3.8, 4) is 11.1 Å². The maximum Gasteiger partial charge on any atom is 0.345 e. The lowest BCUT2D eigenvalue weighted by Crippen LogP contribution is -2.41. The van der Waals surface area contributed by atoms with Gasteiger partial charge >= 0.3 is 6.61 Å². The molecule has 5 rings (SSSR count). The van der Waals surface area contributed by atoms with Crippen molar-refractivity contribution in [2.75, 3.05) is 27.3 Å². The average molecular weight is 675 g/mol. The van der Waals surface area contributed by atoms with Gasteiger partial charge in [-0.15, -0.1) is 11.3 Å². The normalized spacial score (nSPS) is 14.6. The van der Waals surface area contributed by atoms with Gasteiger partial charge in [0.2, 0.25) is 12.3 Å². The lowest BCUT2D eigenvalue weighted by molar-refractivity contribution is -0.130. The van der Waals surface area contributed by atoms with E-state index in [1.165, 1.54) is 33.3 Å². The zero-order valence-corrected chi connectivity index (χ0v) is 28.8. The third-order valence-electron chi connectivity index (χ3n) is 7.44. The molecule has 1 fully saturated rings. The van der Waals surface area contributed by atoms with Crippen molar-refractivity contribution in [2.45, 2.75) is 65.1 Å². The Hall–Kier alpha value is -4.13. The Morgan fingerprint density at radius 3 is 2.32 bits per heavy atom. The molecule has 1 unspecified atom stereocenters. The van der Waals surface area contributed by atoms with Crippen LogP contribution in [0.15, 0.2) is 66.7 Å². The predicted octanol–water partition coefficient (Wildman–Crippen LogP) is 5.59. The molecule has 3 aromatic rings. The number of carbonyl (C=O) groups is 3. The van der Waals surface area contributed by atoms with Crippen LogP contribution in [0.1, 0.15) is 65.5 Å². The summed E-state index contributed by atoms with van der Waals surface area (Å²) in [6.07, 6.45) is 4.05. The maximum atomic E-state index is 12.6. The fourth-order valence-electron chi connectivity index (χ4n) is 5.25. The van der Waals surface area contributed by atoms with E-state index in [2.05, 4.69) is 84.2 Å². The van der Waals surface area contributed by atoms with Gasteiger partial charge in [-0.25, -0.2) is 0 Å². The second-order valence-electron chi connectivity index (χ2n) is 11.0. The summed E-state index contributed by atoms with van der Waals surface area (Å²) >= 11 is 1.67. The Kier molecular flexibility index (Phi) is 18.2. The molecule has 258 valence electrons. The summed E-state index contributed by atoms with van der Waals surface area (Å²) in [5, 5.41) is 14.5. The molecule has 0 spiro atoms. The van der Waals surface area contributed by atoms with Gasteiger partial charge in [-0.2, -0.15) is 8.78 Å². The van der Waals surface area contributed by atoms with E-state index >= 15 is 0 Å². The number of fused-ring (bicyclic) bond motifs is 3. The molecule has 0 saturated carbocycles. The van der Waals surface area contributed by atoms with Crippen LogP contribution in [0, 0.1) is 6.92 Å². The van der Waals surface area contributed by atoms with E-state index in [1.54, 1.807) is 11.3 Å². The lowest BCUT2D eigenvalue weighted by Gasteiger charge is -2.22. The number of rotatable bonds is 7. The zero-order valence-electron chi connectivity index (χ0n) is 28.0. The van der Waals surface area contributed by atoms with Gasteiger partial charge in [0.15, 0.2) is 0 Å². The fourth-order valence-corrected chi connectivity index (χ4v) is 6.08. The summed E-state index contributed by atoms with van der Waals surface area (Å²) in [5.74, 6) is -0.193. The van der Waals surface area contributed by atoms with E-state index in [4.69, 9.17) is 5.11 Å². The topological polar surface area (TPSA) is 134 Å². The molecule has 1 aliphatic heterocycles. The molecule has 2 aromatic carbocycles. The molecule has 2 aliphatic rings. The second kappa shape index (κ2) is 20.9. The van der Waals surface area contributed by atoms with E-state index in [0.717, 1.165) is 45.6 Å². The molecular formula is C35H48F2N4O5S. The minimum absolute atomic E-state index is 0.000916. The summed E-state index contributed by atoms with van der Waals surface area (Å²) in [5.41, 5.74) is 11.2. The number of hydrogen-bond donors (Lipinski definition) is 4. The van der Waals surface area contributed by atoms with Gasteiger partial charge in [0.05, 0.1) is 13.1 Å². The van der Waals surface area contributed by atoms with Gasteiger partial charge in [0.1, 0.15) is 0 Å². The first kappa shape index (κ1) is 40.9. The van der Waals surface area contributed by atoms with Crippen molar-refractivity contribution in [3.05, 3.63) is 93.8 Å². The third kappa shape index (κ3) is 12.2. The Labute approximate surface area is 280 Å². The third-order valence-corrected chi connectivity index (χ3v) is 8.50. The van der Waals surface area contributed by atoms with Gasteiger partial charge < -0.3 is 31.1 Å². The number of methoxy groups -OCH3 is 1. The van der Waals surface area contributed by atoms with Crippen molar-refractivity contribution in [1.29, 1.82) is 0 Å². The molecular weight excluding hydrogens is 626 g/mol. The van der Waals surface area contributed by atoms with Crippen LogP contribution in [-0.2, 0) is 26.3 Å². The van der Waals surface area contributed by atoms with Crippen molar-refractivity contribution in [3.63, 3.8) is 0 Å². The molecule has 5 N–H and O–H groups in total. The maximum absolute atomic E-state index is 12.6. The van der Waals surface area contributed by atoms with Crippen LogP contribution in [0.5, 0.6) is 0 Å². The number of ether oxygens (including phenoxy) is 1. The molecule has 2 heterocycles. The number of likely N-dealkylation sites (tertiary alicyclic amines) is 1. The first-order valence-electron chi connectivity index (χ1n) is 15.0. The Balaban J connectivity index is 0.000000454. The molecule has 1 aliphatic carbocycles. The molecule has 9 nitrogen and oxygen atoms in total. The number of benzene rings is 2. The van der Waals surface area contributed by atoms with E-state index in [9.17, 15) is 23.2 Å². The number of nitrogens with two attached hydrogens (primary N) is 1. The van der Waals surface area contributed by atoms with Crippen LogP contribution < -0.4 is 16.4 Å². The van der Waals surface area contributed by atoms with Crippen LogP contribution in [0.2, 0.25) is 0 Å². The van der Waals surface area contributed by atoms with E-state index < -0.39 is 6.61 Å². The molecule has 0 bridgehead atoms. The number of carbonyl (C=O) groups excluding carboxylic acids is 3. The second-order valence-corrected chi connectivity index (χ2v) is 12.0. The first-order chi connectivity index (χ1) is 22.4. The number of aliphatic hydroxyl groups excluding tert-OH is 1. The number of halogens is 2. The molecule has 3 amide bonds. The highest BCUT2D eigenvalue weighted by Crippen LogP contribution is 2.48. The van der Waals surface area contributed by atoms with Gasteiger partial charge in [0.25, 0.3) is 5.91 Å². The number of nitrogens with zero attached hydrogens (tertiary/aromatic N) is 1. The summed E-state index contributed by atoms with van der Waals surface area (Å²) in [6.45, 7) is 10.6. The van der Waals surface area contributed by atoms with Gasteiger partial charge in [-0.05, 0) is 84.3 Å². The molecule has 12 heteroatoms. The van der Waals surface area contributed by atoms with Crippen molar-refractivity contribution < 1.29 is 33.0 Å². The van der Waals surface area contributed by atoms with Crippen LogP contribution in [0.3, 0.4) is 0 Å². The molecule has 47 heavy (non-hydrogen) atoms. The highest BCUT2D eigenvalue weighted by Gasteiger charge is 2.35. The monoisotopic (exact) mass is 674 g/mol. The van der Waals surface area contributed by atoms with Crippen LogP contribution in [0.25, 0.3) is 11.1 Å². The minimum Gasteiger partial charge on any atom is -0.405 e. The number of aliphatic hydroxyl groups is 1. The number of aryl methyl sites for hydroxylation is 1. The standard InChI is InChI=1S/C23H26N2O2.C7H9NOS.C2H4F2O.C2H5N.CH4O/c1-15-7-6-12-25(15)21(26)14-24-22(27)16-10-11-20-18(13-16)17-8-4-5-9-19(17)23(20,2)3;1-6-2-7(10-4-6)3-8-5-9;1-5-2(3)4;1-2-3;1-2/h4-5,8-11,13,15H,6-7,12,14H2,1-3H3,(H,24,27);2,4-5H,3H2,1H3,(H,8,9);2H,1H3;2H,1,3H2;2H,1H3. The van der Waals surface area contributed by atoms with E-state index in [0.29, 0.717) is 12.1 Å². The number of alkyl halides is 2. The van der Waals surface area contributed by atoms with Crippen molar-refractivity contribution in [2.24, 2.45) is 5.73 Å². The number of thiophene rings is 1. The summed E-state index contributed by atoms with van der Waals surface area (Å²) in [6, 6.07) is 16.6. The van der Waals surface area contributed by atoms with E-state index in [1.807, 2.05) is 30.0 Å². The molecule has 1 saturated heterocycles. The molecule has 1 aromatic heterocycles. The van der Waals surface area contributed by atoms with Crippen LogP contribution in [0.4, 0.5) is 8.78 Å². The van der Waals surface area contributed by atoms with Crippen LogP contribution >= 0.6 is 11.3 Å².